The van der Waals surface area contributed by atoms with Gasteiger partial charge in [-0.15, -0.1) is 0 Å². The molecule has 2 saturated heterocycles. The van der Waals surface area contributed by atoms with Gasteiger partial charge in [0.05, 0.1) is 0 Å². The molecule has 0 radical (unpaired) electrons. The Balaban J connectivity index is 1.68. The van der Waals surface area contributed by atoms with Crippen LogP contribution in [0.3, 0.4) is 0 Å². The third-order valence-corrected chi connectivity index (χ3v) is 5.07. The summed E-state index contributed by atoms with van der Waals surface area (Å²) in [5.74, 6) is 3.59. The van der Waals surface area contributed by atoms with Crippen LogP contribution in [0, 0.1) is 5.92 Å². The van der Waals surface area contributed by atoms with Gasteiger partial charge in [0.1, 0.15) is 0 Å². The highest BCUT2D eigenvalue weighted by Crippen LogP contribution is 2.20. The van der Waals surface area contributed by atoms with E-state index in [0.717, 1.165) is 18.0 Å². The molecule has 0 aromatic carbocycles. The van der Waals surface area contributed by atoms with Gasteiger partial charge in [-0.1, -0.05) is 0 Å². The van der Waals surface area contributed by atoms with Crippen LogP contribution >= 0.6 is 11.8 Å². The maximum absolute atomic E-state index is 3.76. The topological polar surface area (TPSA) is 15.3 Å². The van der Waals surface area contributed by atoms with E-state index >= 15 is 0 Å². The van der Waals surface area contributed by atoms with Gasteiger partial charge in [0, 0.05) is 24.4 Å². The number of hydrogen-bond acceptors (Lipinski definition) is 3. The number of nitrogens with one attached hydrogen (secondary N) is 1. The van der Waals surface area contributed by atoms with Crippen molar-refractivity contribution in [2.75, 3.05) is 31.1 Å². The van der Waals surface area contributed by atoms with Crippen molar-refractivity contribution in [2.24, 2.45) is 5.92 Å². The second kappa shape index (κ2) is 6.27. The quantitative estimate of drug-likeness (QED) is 0.814. The second-order valence-corrected chi connectivity index (χ2v) is 6.72. The van der Waals surface area contributed by atoms with Crippen molar-refractivity contribution in [2.45, 2.75) is 45.2 Å². The summed E-state index contributed by atoms with van der Waals surface area (Å²) in [6.45, 7) is 8.51. The van der Waals surface area contributed by atoms with Crippen LogP contribution in [0.5, 0.6) is 0 Å². The highest BCUT2D eigenvalue weighted by atomic mass is 32.2. The second-order valence-electron chi connectivity index (χ2n) is 5.57. The molecular formula is C13H26N2S. The Morgan fingerprint density at radius 1 is 1.38 bits per heavy atom. The van der Waals surface area contributed by atoms with E-state index in [-0.39, 0.29) is 0 Å². The summed E-state index contributed by atoms with van der Waals surface area (Å²) in [5, 5.41) is 3.76. The first-order valence-corrected chi connectivity index (χ1v) is 7.96. The summed E-state index contributed by atoms with van der Waals surface area (Å²) in [7, 11) is 0. The lowest BCUT2D eigenvalue weighted by atomic mass is 9.96. The lowest BCUT2D eigenvalue weighted by Crippen LogP contribution is -2.44. The molecule has 2 aliphatic rings. The first-order chi connectivity index (χ1) is 7.75. The van der Waals surface area contributed by atoms with Crippen LogP contribution < -0.4 is 5.32 Å². The summed E-state index contributed by atoms with van der Waals surface area (Å²) in [6.07, 6.45) is 4.20. The van der Waals surface area contributed by atoms with Crippen LogP contribution in [-0.4, -0.2) is 48.1 Å². The normalized spacial score (nSPS) is 32.4. The molecule has 94 valence electrons. The Bertz CT molecular complexity index is 202. The van der Waals surface area contributed by atoms with E-state index in [1.807, 2.05) is 0 Å². The number of hydrogen-bond donors (Lipinski definition) is 1. The van der Waals surface area contributed by atoms with Crippen molar-refractivity contribution in [3.8, 4) is 0 Å². The molecule has 2 nitrogen and oxygen atoms in total. The Morgan fingerprint density at radius 3 is 2.94 bits per heavy atom. The van der Waals surface area contributed by atoms with E-state index in [4.69, 9.17) is 0 Å². The fourth-order valence-corrected chi connectivity index (χ4v) is 3.95. The molecule has 2 heterocycles. The summed E-state index contributed by atoms with van der Waals surface area (Å²) in [4.78, 5) is 2.64. The SMILES string of the molecule is CC(C)N1CCCC(CNC2CCSC2)C1. The lowest BCUT2D eigenvalue weighted by Gasteiger charge is -2.36. The summed E-state index contributed by atoms with van der Waals surface area (Å²) in [5.41, 5.74) is 0. The molecule has 2 aliphatic heterocycles. The fourth-order valence-electron chi connectivity index (χ4n) is 2.76. The predicted molar refractivity (Wildman–Crippen MR) is 73.2 cm³/mol. The Morgan fingerprint density at radius 2 is 2.25 bits per heavy atom. The van der Waals surface area contributed by atoms with E-state index < -0.39 is 0 Å². The van der Waals surface area contributed by atoms with Gasteiger partial charge in [0.25, 0.3) is 0 Å². The van der Waals surface area contributed by atoms with Gasteiger partial charge in [-0.25, -0.2) is 0 Å². The Kier molecular flexibility index (Phi) is 4.98. The zero-order chi connectivity index (χ0) is 11.4. The number of thioether (sulfide) groups is 1. The molecule has 0 aromatic rings. The molecular weight excluding hydrogens is 216 g/mol. The highest BCUT2D eigenvalue weighted by Gasteiger charge is 2.23. The zero-order valence-corrected chi connectivity index (χ0v) is 11.6. The largest absolute Gasteiger partial charge is 0.313 e. The van der Waals surface area contributed by atoms with Gasteiger partial charge < -0.3 is 10.2 Å². The van der Waals surface area contributed by atoms with Gasteiger partial charge in [0.15, 0.2) is 0 Å². The molecule has 2 rings (SSSR count). The van der Waals surface area contributed by atoms with Gasteiger partial charge >= 0.3 is 0 Å². The lowest BCUT2D eigenvalue weighted by molar-refractivity contribution is 0.137. The van der Waals surface area contributed by atoms with Crippen molar-refractivity contribution in [1.82, 2.24) is 10.2 Å². The van der Waals surface area contributed by atoms with E-state index in [0.29, 0.717) is 0 Å². The molecule has 0 spiro atoms. The van der Waals surface area contributed by atoms with E-state index in [9.17, 15) is 0 Å². The maximum Gasteiger partial charge on any atom is 0.0166 e. The first-order valence-electron chi connectivity index (χ1n) is 6.81. The van der Waals surface area contributed by atoms with Crippen molar-refractivity contribution >= 4 is 11.8 Å². The van der Waals surface area contributed by atoms with Crippen molar-refractivity contribution < 1.29 is 0 Å². The van der Waals surface area contributed by atoms with E-state index in [2.05, 4.69) is 35.8 Å². The molecule has 0 aromatic heterocycles. The average molecular weight is 242 g/mol. The van der Waals surface area contributed by atoms with Crippen LogP contribution in [-0.2, 0) is 0 Å². The molecule has 16 heavy (non-hydrogen) atoms. The molecule has 0 bridgehead atoms. The van der Waals surface area contributed by atoms with Crippen LogP contribution in [0.15, 0.2) is 0 Å². The minimum atomic E-state index is 0.727. The van der Waals surface area contributed by atoms with Crippen molar-refractivity contribution in [1.29, 1.82) is 0 Å². The van der Waals surface area contributed by atoms with E-state index in [1.54, 1.807) is 0 Å². The minimum absolute atomic E-state index is 0.727. The summed E-state index contributed by atoms with van der Waals surface area (Å²) >= 11 is 2.10. The maximum atomic E-state index is 3.76. The Hall–Kier alpha value is 0.270. The molecule has 0 amide bonds. The van der Waals surface area contributed by atoms with Crippen LogP contribution in [0.1, 0.15) is 33.1 Å². The van der Waals surface area contributed by atoms with Crippen LogP contribution in [0.4, 0.5) is 0 Å². The van der Waals surface area contributed by atoms with Crippen LogP contribution in [0.25, 0.3) is 0 Å². The minimum Gasteiger partial charge on any atom is -0.313 e. The van der Waals surface area contributed by atoms with Gasteiger partial charge in [0.2, 0.25) is 0 Å². The molecule has 1 N–H and O–H groups in total. The fraction of sp³-hybridized carbons (Fsp3) is 1.00. The zero-order valence-electron chi connectivity index (χ0n) is 10.7. The van der Waals surface area contributed by atoms with Gasteiger partial charge in [-0.2, -0.15) is 11.8 Å². The van der Waals surface area contributed by atoms with Crippen molar-refractivity contribution in [3.05, 3.63) is 0 Å². The average Bonchev–Trinajstić information content (AvgIpc) is 2.79. The summed E-state index contributed by atoms with van der Waals surface area (Å²) < 4.78 is 0. The number of likely N-dealkylation sites (tertiary alicyclic amines) is 1. The molecule has 0 saturated carbocycles. The molecule has 0 aliphatic carbocycles. The number of nitrogens with zero attached hydrogens (tertiary/aromatic N) is 1. The van der Waals surface area contributed by atoms with Gasteiger partial charge in [-0.3, -0.25) is 0 Å². The molecule has 2 atom stereocenters. The number of piperidine rings is 1. The summed E-state index contributed by atoms with van der Waals surface area (Å²) in [6, 6.07) is 1.53. The number of rotatable bonds is 4. The predicted octanol–water partition coefficient (Wildman–Crippen LogP) is 2.20. The standard InChI is InChI=1S/C13H26N2S/c1-11(2)15-6-3-4-12(9-15)8-14-13-5-7-16-10-13/h11-14H,3-10H2,1-2H3. The molecule has 3 heteroatoms. The smallest absolute Gasteiger partial charge is 0.0166 e. The van der Waals surface area contributed by atoms with E-state index in [1.165, 1.54) is 50.4 Å². The van der Waals surface area contributed by atoms with Gasteiger partial charge in [-0.05, 0) is 57.9 Å². The first kappa shape index (κ1) is 12.7. The highest BCUT2D eigenvalue weighted by molar-refractivity contribution is 7.99. The Labute approximate surface area is 105 Å². The van der Waals surface area contributed by atoms with Crippen LogP contribution in [0.2, 0.25) is 0 Å². The third kappa shape index (κ3) is 3.64. The third-order valence-electron chi connectivity index (χ3n) is 3.91. The molecule has 2 fully saturated rings. The monoisotopic (exact) mass is 242 g/mol. The molecule has 2 unspecified atom stereocenters. The van der Waals surface area contributed by atoms with Crippen molar-refractivity contribution in [3.63, 3.8) is 0 Å².